The van der Waals surface area contributed by atoms with E-state index in [1.54, 1.807) is 0 Å². The van der Waals surface area contributed by atoms with Crippen molar-refractivity contribution in [2.45, 2.75) is 58.4 Å². The summed E-state index contributed by atoms with van der Waals surface area (Å²) in [6, 6.07) is 3.20. The van der Waals surface area contributed by atoms with E-state index in [0.717, 1.165) is 24.8 Å². The Hall–Kier alpha value is -0.590. The molecule has 2 fully saturated rings. The highest BCUT2D eigenvalue weighted by molar-refractivity contribution is 4.91. The molecular weight excluding hydrogens is 234 g/mol. The van der Waals surface area contributed by atoms with E-state index in [4.69, 9.17) is 5.26 Å². The molecule has 2 heterocycles. The van der Waals surface area contributed by atoms with Gasteiger partial charge in [-0.2, -0.15) is 5.26 Å². The molecule has 2 aliphatic heterocycles. The molecule has 0 radical (unpaired) electrons. The number of nitrogens with one attached hydrogen (secondary N) is 1. The molecule has 1 unspecified atom stereocenters. The SMILES string of the molecule is CC(C)(C#N)CCCN1CCC(C2CCCN2)CC1. The van der Waals surface area contributed by atoms with Crippen LogP contribution in [0.25, 0.3) is 0 Å². The Morgan fingerprint density at radius 1 is 1.26 bits per heavy atom. The van der Waals surface area contributed by atoms with Gasteiger partial charge in [-0.25, -0.2) is 0 Å². The van der Waals surface area contributed by atoms with E-state index >= 15 is 0 Å². The van der Waals surface area contributed by atoms with Gasteiger partial charge in [-0.1, -0.05) is 0 Å². The van der Waals surface area contributed by atoms with Crippen molar-refractivity contribution in [1.29, 1.82) is 5.26 Å². The topological polar surface area (TPSA) is 39.1 Å². The second-order valence-electron chi connectivity index (χ2n) is 6.98. The highest BCUT2D eigenvalue weighted by Gasteiger charge is 2.28. The third-order valence-electron chi connectivity index (χ3n) is 4.88. The third-order valence-corrected chi connectivity index (χ3v) is 4.88. The summed E-state index contributed by atoms with van der Waals surface area (Å²) < 4.78 is 0. The quantitative estimate of drug-likeness (QED) is 0.829. The molecule has 0 saturated carbocycles. The van der Waals surface area contributed by atoms with Crippen LogP contribution in [0.4, 0.5) is 0 Å². The fourth-order valence-corrected chi connectivity index (χ4v) is 3.49. The zero-order chi connectivity index (χ0) is 13.7. The normalized spacial score (nSPS) is 26.5. The minimum Gasteiger partial charge on any atom is -0.314 e. The molecular formula is C16H29N3. The summed E-state index contributed by atoms with van der Waals surface area (Å²) in [7, 11) is 0. The highest BCUT2D eigenvalue weighted by Crippen LogP contribution is 2.26. The summed E-state index contributed by atoms with van der Waals surface area (Å²) in [5, 5.41) is 12.7. The standard InChI is InChI=1S/C16H29N3/c1-16(2,13-17)8-4-10-19-11-6-14(7-12-19)15-5-3-9-18-15/h14-15,18H,3-12H2,1-2H3. The lowest BCUT2D eigenvalue weighted by molar-refractivity contribution is 0.158. The van der Waals surface area contributed by atoms with E-state index in [1.165, 1.54) is 51.9 Å². The van der Waals surface area contributed by atoms with Crippen LogP contribution in [-0.2, 0) is 0 Å². The van der Waals surface area contributed by atoms with E-state index in [0.29, 0.717) is 0 Å². The molecule has 0 amide bonds. The summed E-state index contributed by atoms with van der Waals surface area (Å²) in [5.74, 6) is 0.911. The van der Waals surface area contributed by atoms with Crippen LogP contribution in [0.15, 0.2) is 0 Å². The molecule has 1 N–H and O–H groups in total. The molecule has 2 rings (SSSR count). The first kappa shape index (κ1) is 14.8. The Bertz CT molecular complexity index is 304. The van der Waals surface area contributed by atoms with Crippen LogP contribution in [0.3, 0.4) is 0 Å². The molecule has 0 aliphatic carbocycles. The summed E-state index contributed by atoms with van der Waals surface area (Å²) >= 11 is 0. The lowest BCUT2D eigenvalue weighted by atomic mass is 9.87. The second-order valence-corrected chi connectivity index (χ2v) is 6.98. The van der Waals surface area contributed by atoms with Crippen molar-refractivity contribution in [1.82, 2.24) is 10.2 Å². The molecule has 108 valence electrons. The first-order valence-corrected chi connectivity index (χ1v) is 7.98. The largest absolute Gasteiger partial charge is 0.314 e. The van der Waals surface area contributed by atoms with Crippen molar-refractivity contribution in [3.63, 3.8) is 0 Å². The zero-order valence-electron chi connectivity index (χ0n) is 12.6. The lowest BCUT2D eigenvalue weighted by Gasteiger charge is -2.35. The van der Waals surface area contributed by atoms with Crippen molar-refractivity contribution < 1.29 is 0 Å². The molecule has 1 atom stereocenters. The van der Waals surface area contributed by atoms with Crippen molar-refractivity contribution in [3.8, 4) is 6.07 Å². The minimum absolute atomic E-state index is 0.147. The van der Waals surface area contributed by atoms with Gasteiger partial charge in [0.15, 0.2) is 0 Å². The van der Waals surface area contributed by atoms with Crippen LogP contribution < -0.4 is 5.32 Å². The number of nitriles is 1. The molecule has 0 aromatic carbocycles. The number of hydrogen-bond acceptors (Lipinski definition) is 3. The fourth-order valence-electron chi connectivity index (χ4n) is 3.49. The number of piperidine rings is 1. The summed E-state index contributed by atoms with van der Waals surface area (Å²) in [6.07, 6.45) is 7.66. The molecule has 3 nitrogen and oxygen atoms in total. The number of rotatable bonds is 5. The molecule has 19 heavy (non-hydrogen) atoms. The van der Waals surface area contributed by atoms with Gasteiger partial charge in [0.2, 0.25) is 0 Å². The average Bonchev–Trinajstić information content (AvgIpc) is 2.93. The van der Waals surface area contributed by atoms with Crippen molar-refractivity contribution in [2.24, 2.45) is 11.3 Å². The molecule has 0 aromatic heterocycles. The first-order valence-electron chi connectivity index (χ1n) is 7.98. The summed E-state index contributed by atoms with van der Waals surface area (Å²) in [4.78, 5) is 2.60. The average molecular weight is 263 g/mol. The van der Waals surface area contributed by atoms with Gasteiger partial charge in [-0.3, -0.25) is 0 Å². The monoisotopic (exact) mass is 263 g/mol. The van der Waals surface area contributed by atoms with Gasteiger partial charge in [0, 0.05) is 6.04 Å². The maximum Gasteiger partial charge on any atom is 0.0683 e. The number of nitrogens with zero attached hydrogens (tertiary/aromatic N) is 2. The van der Waals surface area contributed by atoms with Crippen LogP contribution in [0.5, 0.6) is 0 Å². The van der Waals surface area contributed by atoms with E-state index in [1.807, 2.05) is 13.8 Å². The van der Waals surface area contributed by atoms with Crippen molar-refractivity contribution >= 4 is 0 Å². The maximum absolute atomic E-state index is 9.02. The lowest BCUT2D eigenvalue weighted by Crippen LogP contribution is -2.41. The van der Waals surface area contributed by atoms with Crippen LogP contribution in [-0.4, -0.2) is 37.1 Å². The van der Waals surface area contributed by atoms with E-state index in [9.17, 15) is 0 Å². The molecule has 0 spiro atoms. The Morgan fingerprint density at radius 2 is 2.00 bits per heavy atom. The van der Waals surface area contributed by atoms with Gasteiger partial charge in [0.1, 0.15) is 0 Å². The smallest absolute Gasteiger partial charge is 0.0683 e. The van der Waals surface area contributed by atoms with Gasteiger partial charge in [-0.05, 0) is 84.5 Å². The van der Waals surface area contributed by atoms with Crippen LogP contribution in [0, 0.1) is 22.7 Å². The van der Waals surface area contributed by atoms with Crippen LogP contribution in [0.2, 0.25) is 0 Å². The van der Waals surface area contributed by atoms with Gasteiger partial charge >= 0.3 is 0 Å². The Balaban J connectivity index is 1.62. The van der Waals surface area contributed by atoms with Gasteiger partial charge in [0.25, 0.3) is 0 Å². The summed E-state index contributed by atoms with van der Waals surface area (Å²) in [5.41, 5.74) is -0.147. The summed E-state index contributed by atoms with van der Waals surface area (Å²) in [6.45, 7) is 9.02. The highest BCUT2D eigenvalue weighted by atomic mass is 15.1. The predicted molar refractivity (Wildman–Crippen MR) is 78.8 cm³/mol. The molecule has 0 aromatic rings. The second kappa shape index (κ2) is 6.72. The molecule has 3 heteroatoms. The van der Waals surface area contributed by atoms with Gasteiger partial charge in [0.05, 0.1) is 11.5 Å². The van der Waals surface area contributed by atoms with Crippen LogP contribution in [0.1, 0.15) is 52.4 Å². The Morgan fingerprint density at radius 3 is 2.58 bits per heavy atom. The number of likely N-dealkylation sites (tertiary alicyclic amines) is 1. The van der Waals surface area contributed by atoms with Gasteiger partial charge in [-0.15, -0.1) is 0 Å². The third kappa shape index (κ3) is 4.47. The fraction of sp³-hybridized carbons (Fsp3) is 0.938. The van der Waals surface area contributed by atoms with Crippen molar-refractivity contribution in [2.75, 3.05) is 26.2 Å². The van der Waals surface area contributed by atoms with E-state index in [2.05, 4.69) is 16.3 Å². The Kier molecular flexibility index (Phi) is 5.24. The molecule has 2 saturated heterocycles. The minimum atomic E-state index is -0.147. The Labute approximate surface area is 118 Å². The first-order chi connectivity index (χ1) is 9.11. The molecule has 0 bridgehead atoms. The maximum atomic E-state index is 9.02. The van der Waals surface area contributed by atoms with Crippen molar-refractivity contribution in [3.05, 3.63) is 0 Å². The number of hydrogen-bond donors (Lipinski definition) is 1. The zero-order valence-corrected chi connectivity index (χ0v) is 12.6. The predicted octanol–water partition coefficient (Wildman–Crippen LogP) is 2.78. The molecule has 2 aliphatic rings. The van der Waals surface area contributed by atoms with Crippen LogP contribution >= 0.6 is 0 Å². The van der Waals surface area contributed by atoms with E-state index in [-0.39, 0.29) is 5.41 Å². The van der Waals surface area contributed by atoms with E-state index < -0.39 is 0 Å². The van der Waals surface area contributed by atoms with Gasteiger partial charge < -0.3 is 10.2 Å².